The van der Waals surface area contributed by atoms with Gasteiger partial charge in [0, 0.05) is 51.3 Å². The van der Waals surface area contributed by atoms with Gasteiger partial charge in [-0.05, 0) is 67.7 Å². The van der Waals surface area contributed by atoms with Gasteiger partial charge < -0.3 is 15.2 Å². The fraction of sp³-hybridized carbons (Fsp3) is 0.400. The molecule has 0 saturated carbocycles. The average Bonchev–Trinajstić information content (AvgIpc) is 2.77. The number of benzene rings is 2. The van der Waals surface area contributed by atoms with Crippen LogP contribution in [0.15, 0.2) is 47.3 Å². The molecule has 164 valence electrons. The molecule has 1 aromatic heterocycles. The first-order valence-electron chi connectivity index (χ1n) is 11.1. The van der Waals surface area contributed by atoms with Crippen molar-refractivity contribution in [1.82, 2.24) is 15.2 Å². The van der Waals surface area contributed by atoms with Gasteiger partial charge in [0.2, 0.25) is 0 Å². The van der Waals surface area contributed by atoms with E-state index >= 15 is 0 Å². The van der Waals surface area contributed by atoms with Gasteiger partial charge in [0.25, 0.3) is 0 Å². The Morgan fingerprint density at radius 1 is 1.06 bits per heavy atom. The molecule has 2 aromatic carbocycles. The summed E-state index contributed by atoms with van der Waals surface area (Å²) in [6, 6.07) is 13.6. The second-order valence-electron chi connectivity index (χ2n) is 8.26. The molecule has 4 rings (SSSR count). The van der Waals surface area contributed by atoms with Crippen LogP contribution >= 0.6 is 23.2 Å². The van der Waals surface area contributed by atoms with E-state index in [-0.39, 0.29) is 11.5 Å². The molecule has 2 unspecified atom stereocenters. The molecule has 0 bridgehead atoms. The third kappa shape index (κ3) is 4.83. The van der Waals surface area contributed by atoms with E-state index in [9.17, 15) is 4.79 Å². The molecule has 1 aliphatic carbocycles. The van der Waals surface area contributed by atoms with Crippen molar-refractivity contribution in [2.45, 2.75) is 38.6 Å². The fourth-order valence-corrected chi connectivity index (χ4v) is 5.00. The zero-order valence-electron chi connectivity index (χ0n) is 18.1. The van der Waals surface area contributed by atoms with Crippen molar-refractivity contribution in [3.8, 4) is 0 Å². The maximum absolute atomic E-state index is 13.5. The number of rotatable bonds is 7. The molecule has 0 spiro atoms. The first-order chi connectivity index (χ1) is 15.0. The quantitative estimate of drug-likeness (QED) is 0.489. The van der Waals surface area contributed by atoms with E-state index in [1.165, 1.54) is 5.56 Å². The number of hydrogen-bond donors (Lipinski definition) is 2. The molecule has 0 radical (unpaired) electrons. The van der Waals surface area contributed by atoms with Crippen LogP contribution in [0.5, 0.6) is 0 Å². The van der Waals surface area contributed by atoms with E-state index in [1.807, 2.05) is 24.3 Å². The maximum atomic E-state index is 13.5. The van der Waals surface area contributed by atoms with Crippen molar-refractivity contribution in [3.63, 3.8) is 0 Å². The molecule has 0 aliphatic heterocycles. The maximum Gasteiger partial charge on any atom is 0.194 e. The Balaban J connectivity index is 1.71. The third-order valence-electron chi connectivity index (χ3n) is 6.46. The monoisotopic (exact) mass is 457 g/mol. The lowest BCUT2D eigenvalue weighted by molar-refractivity contribution is 0.290. The standard InChI is InChI=1S/C25H29Cl2N3O/c1-3-30(4-2)12-11-28-22-13-17(16-5-7-18(26)8-6-16)14-23-24(22)25(31)20-15-19(27)9-10-21(20)29-23/h5-10,15,17,22,28H,3-4,11-14H2,1-2H3,(H,29,31). The zero-order chi connectivity index (χ0) is 22.0. The van der Waals surface area contributed by atoms with Crippen LogP contribution in [-0.4, -0.2) is 36.1 Å². The lowest BCUT2D eigenvalue weighted by Gasteiger charge is -2.33. The van der Waals surface area contributed by atoms with Crippen LogP contribution < -0.4 is 10.7 Å². The molecule has 0 amide bonds. The number of H-pyrrole nitrogens is 1. The molecule has 1 heterocycles. The predicted molar refractivity (Wildman–Crippen MR) is 131 cm³/mol. The fourth-order valence-electron chi connectivity index (χ4n) is 4.70. The largest absolute Gasteiger partial charge is 0.358 e. The minimum Gasteiger partial charge on any atom is -0.358 e. The van der Waals surface area contributed by atoms with Crippen molar-refractivity contribution in [2.24, 2.45) is 0 Å². The van der Waals surface area contributed by atoms with Crippen LogP contribution in [0, 0.1) is 0 Å². The van der Waals surface area contributed by atoms with Crippen molar-refractivity contribution in [1.29, 1.82) is 0 Å². The minimum atomic E-state index is -0.00729. The number of likely N-dealkylation sites (N-methyl/N-ethyl adjacent to an activating group) is 1. The van der Waals surface area contributed by atoms with Gasteiger partial charge >= 0.3 is 0 Å². The molecule has 3 aromatic rings. The first kappa shape index (κ1) is 22.3. The Bertz CT molecular complexity index is 1110. The van der Waals surface area contributed by atoms with Crippen molar-refractivity contribution in [3.05, 3.63) is 79.6 Å². The zero-order valence-corrected chi connectivity index (χ0v) is 19.6. The van der Waals surface area contributed by atoms with Crippen LogP contribution in [0.4, 0.5) is 0 Å². The summed E-state index contributed by atoms with van der Waals surface area (Å²) in [5, 5.41) is 5.67. The lowest BCUT2D eigenvalue weighted by Crippen LogP contribution is -2.38. The van der Waals surface area contributed by atoms with Gasteiger partial charge in [-0.1, -0.05) is 49.2 Å². The summed E-state index contributed by atoms with van der Waals surface area (Å²) in [6.45, 7) is 8.20. The molecular weight excluding hydrogens is 429 g/mol. The predicted octanol–water partition coefficient (Wildman–Crippen LogP) is 5.54. The second-order valence-corrected chi connectivity index (χ2v) is 9.13. The minimum absolute atomic E-state index is 0.00729. The van der Waals surface area contributed by atoms with Crippen molar-refractivity contribution >= 4 is 34.1 Å². The number of nitrogens with one attached hydrogen (secondary N) is 2. The van der Waals surface area contributed by atoms with Gasteiger partial charge in [-0.15, -0.1) is 0 Å². The number of hydrogen-bond acceptors (Lipinski definition) is 3. The van der Waals surface area contributed by atoms with Gasteiger partial charge in [-0.3, -0.25) is 4.79 Å². The van der Waals surface area contributed by atoms with Crippen LogP contribution in [-0.2, 0) is 6.42 Å². The van der Waals surface area contributed by atoms with Crippen LogP contribution in [0.3, 0.4) is 0 Å². The molecule has 2 atom stereocenters. The summed E-state index contributed by atoms with van der Waals surface area (Å²) >= 11 is 12.3. The second kappa shape index (κ2) is 9.74. The number of aromatic amines is 1. The highest BCUT2D eigenvalue weighted by Crippen LogP contribution is 2.37. The van der Waals surface area contributed by atoms with Gasteiger partial charge in [0.05, 0.1) is 0 Å². The summed E-state index contributed by atoms with van der Waals surface area (Å²) in [5.74, 6) is 0.316. The molecule has 2 N–H and O–H groups in total. The van der Waals surface area contributed by atoms with E-state index in [4.69, 9.17) is 23.2 Å². The van der Waals surface area contributed by atoms with Gasteiger partial charge in [0.15, 0.2) is 5.43 Å². The van der Waals surface area contributed by atoms with Crippen LogP contribution in [0.25, 0.3) is 10.9 Å². The number of halogens is 2. The third-order valence-corrected chi connectivity index (χ3v) is 6.94. The van der Waals surface area contributed by atoms with E-state index in [0.717, 1.165) is 60.8 Å². The number of aromatic nitrogens is 1. The highest BCUT2D eigenvalue weighted by Gasteiger charge is 2.31. The van der Waals surface area contributed by atoms with Crippen molar-refractivity contribution < 1.29 is 0 Å². The van der Waals surface area contributed by atoms with E-state index in [0.29, 0.717) is 16.3 Å². The molecule has 0 saturated heterocycles. The smallest absolute Gasteiger partial charge is 0.194 e. The summed E-state index contributed by atoms with van der Waals surface area (Å²) in [5.41, 5.74) is 4.06. The Morgan fingerprint density at radius 3 is 2.48 bits per heavy atom. The highest BCUT2D eigenvalue weighted by molar-refractivity contribution is 6.31. The molecule has 1 aliphatic rings. The number of pyridine rings is 1. The Morgan fingerprint density at radius 2 is 1.77 bits per heavy atom. The molecular formula is C25H29Cl2N3O. The molecule has 6 heteroatoms. The van der Waals surface area contributed by atoms with Gasteiger partial charge in [0.1, 0.15) is 0 Å². The van der Waals surface area contributed by atoms with E-state index < -0.39 is 0 Å². The Kier molecular flexibility index (Phi) is 7.02. The van der Waals surface area contributed by atoms with E-state index in [2.05, 4.69) is 41.2 Å². The summed E-state index contributed by atoms with van der Waals surface area (Å²) in [4.78, 5) is 19.4. The summed E-state index contributed by atoms with van der Waals surface area (Å²) < 4.78 is 0. The average molecular weight is 458 g/mol. The SMILES string of the molecule is CCN(CC)CCNC1CC(c2ccc(Cl)cc2)Cc2[nH]c3ccc(Cl)cc3c(=O)c21. The summed E-state index contributed by atoms with van der Waals surface area (Å²) in [7, 11) is 0. The summed E-state index contributed by atoms with van der Waals surface area (Å²) in [6.07, 6.45) is 1.68. The Labute approximate surface area is 193 Å². The molecule has 4 nitrogen and oxygen atoms in total. The van der Waals surface area contributed by atoms with Gasteiger partial charge in [-0.25, -0.2) is 0 Å². The van der Waals surface area contributed by atoms with Gasteiger partial charge in [-0.2, -0.15) is 0 Å². The number of fused-ring (bicyclic) bond motifs is 2. The van der Waals surface area contributed by atoms with E-state index in [1.54, 1.807) is 6.07 Å². The number of nitrogens with zero attached hydrogens (tertiary/aromatic N) is 1. The Hall–Kier alpha value is -1.85. The lowest BCUT2D eigenvalue weighted by atomic mass is 9.79. The first-order valence-corrected chi connectivity index (χ1v) is 11.8. The van der Waals surface area contributed by atoms with Crippen LogP contribution in [0.2, 0.25) is 10.0 Å². The van der Waals surface area contributed by atoms with Crippen molar-refractivity contribution in [2.75, 3.05) is 26.2 Å². The van der Waals surface area contributed by atoms with Crippen LogP contribution in [0.1, 0.15) is 49.0 Å². The normalized spacial score (nSPS) is 18.5. The topological polar surface area (TPSA) is 48.1 Å². The molecule has 31 heavy (non-hydrogen) atoms. The highest BCUT2D eigenvalue weighted by atomic mass is 35.5. The molecule has 0 fully saturated rings.